The zero-order chi connectivity index (χ0) is 17.3. The summed E-state index contributed by atoms with van der Waals surface area (Å²) in [4.78, 5) is 17.1. The van der Waals surface area contributed by atoms with Crippen LogP contribution in [-0.4, -0.2) is 23.2 Å². The van der Waals surface area contributed by atoms with Gasteiger partial charge in [-0.2, -0.15) is 0 Å². The summed E-state index contributed by atoms with van der Waals surface area (Å²) in [5, 5.41) is 7.56. The molecule has 0 saturated heterocycles. The number of benzene rings is 1. The summed E-state index contributed by atoms with van der Waals surface area (Å²) in [6.45, 7) is 5.53. The molecule has 0 aliphatic carbocycles. The molecule has 124 valence electrons. The van der Waals surface area contributed by atoms with Crippen LogP contribution in [0.15, 0.2) is 34.9 Å². The van der Waals surface area contributed by atoms with Crippen molar-refractivity contribution in [3.8, 4) is 5.75 Å². The maximum atomic E-state index is 12.8. The maximum absolute atomic E-state index is 12.8. The van der Waals surface area contributed by atoms with E-state index in [4.69, 9.17) is 9.26 Å². The van der Waals surface area contributed by atoms with Crippen LogP contribution >= 0.6 is 0 Å². The Bertz CT molecular complexity index is 902. The van der Waals surface area contributed by atoms with Crippen molar-refractivity contribution in [2.45, 2.75) is 26.8 Å². The second-order valence-electron chi connectivity index (χ2n) is 5.70. The number of carbonyl (C=O) groups excluding carboxylic acids is 1. The number of hydrogen-bond acceptors (Lipinski definition) is 5. The third-order valence-electron chi connectivity index (χ3n) is 3.94. The van der Waals surface area contributed by atoms with Crippen LogP contribution in [-0.2, 0) is 0 Å². The Labute approximate surface area is 139 Å². The van der Waals surface area contributed by atoms with Crippen LogP contribution in [0.3, 0.4) is 0 Å². The lowest BCUT2D eigenvalue weighted by atomic mass is 10.1. The highest BCUT2D eigenvalue weighted by atomic mass is 16.5. The van der Waals surface area contributed by atoms with Gasteiger partial charge in [0.2, 0.25) is 0 Å². The molecule has 3 rings (SSSR count). The average Bonchev–Trinajstić information content (AvgIpc) is 2.94. The Balaban J connectivity index is 1.94. The molecule has 0 radical (unpaired) electrons. The van der Waals surface area contributed by atoms with Crippen LogP contribution in [0.25, 0.3) is 11.1 Å². The topological polar surface area (TPSA) is 77.2 Å². The largest absolute Gasteiger partial charge is 0.496 e. The predicted octanol–water partition coefficient (Wildman–Crippen LogP) is 3.34. The number of aromatic nitrogens is 2. The summed E-state index contributed by atoms with van der Waals surface area (Å²) in [5.74, 6) is 0.540. The van der Waals surface area contributed by atoms with E-state index in [0.29, 0.717) is 28.1 Å². The number of pyridine rings is 1. The minimum Gasteiger partial charge on any atom is -0.496 e. The number of carbonyl (C=O) groups is 1. The molecule has 0 aliphatic heterocycles. The molecule has 0 saturated carbocycles. The standard InChI is InChI=1S/C18H19N3O3/c1-10-9-14(16-12(3)21-24-18(16)19-10)17(22)20-11(2)13-7-5-6-8-15(13)23-4/h5-9,11H,1-4H3,(H,20,22)/t11-/m1/s1. The van der Waals surface area contributed by atoms with Crippen molar-refractivity contribution >= 4 is 17.0 Å². The third-order valence-corrected chi connectivity index (χ3v) is 3.94. The molecule has 1 N–H and O–H groups in total. The Kier molecular flexibility index (Phi) is 4.20. The van der Waals surface area contributed by atoms with Crippen molar-refractivity contribution in [2.24, 2.45) is 0 Å². The Hall–Kier alpha value is -2.89. The second kappa shape index (κ2) is 6.31. The first-order valence-electron chi connectivity index (χ1n) is 7.68. The monoisotopic (exact) mass is 325 g/mol. The number of ether oxygens (including phenoxy) is 1. The van der Waals surface area contributed by atoms with Crippen LogP contribution in [0.2, 0.25) is 0 Å². The van der Waals surface area contributed by atoms with E-state index >= 15 is 0 Å². The number of fused-ring (bicyclic) bond motifs is 1. The first kappa shape index (κ1) is 16.0. The molecule has 0 fully saturated rings. The SMILES string of the molecule is COc1ccccc1[C@@H](C)NC(=O)c1cc(C)nc2onc(C)c12. The molecule has 0 bridgehead atoms. The van der Waals surface area contributed by atoms with Crippen molar-refractivity contribution in [3.05, 3.63) is 52.8 Å². The molecule has 0 unspecified atom stereocenters. The van der Waals surface area contributed by atoms with E-state index < -0.39 is 0 Å². The number of nitrogens with zero attached hydrogens (tertiary/aromatic N) is 2. The minimum atomic E-state index is -0.211. The number of amides is 1. The average molecular weight is 325 g/mol. The van der Waals surface area contributed by atoms with Crippen molar-refractivity contribution in [3.63, 3.8) is 0 Å². The van der Waals surface area contributed by atoms with Gasteiger partial charge in [0.25, 0.3) is 11.6 Å². The minimum absolute atomic E-state index is 0.199. The number of para-hydroxylation sites is 1. The lowest BCUT2D eigenvalue weighted by molar-refractivity contribution is 0.0941. The number of methoxy groups -OCH3 is 1. The molecule has 3 aromatic rings. The van der Waals surface area contributed by atoms with Gasteiger partial charge >= 0.3 is 0 Å². The van der Waals surface area contributed by atoms with Gasteiger partial charge in [0, 0.05) is 11.3 Å². The van der Waals surface area contributed by atoms with Crippen molar-refractivity contribution < 1.29 is 14.1 Å². The van der Waals surface area contributed by atoms with Gasteiger partial charge in [-0.25, -0.2) is 4.98 Å². The van der Waals surface area contributed by atoms with Gasteiger partial charge in [0.1, 0.15) is 5.75 Å². The van der Waals surface area contributed by atoms with Crippen LogP contribution in [0.4, 0.5) is 0 Å². The van der Waals surface area contributed by atoms with Crippen LogP contribution < -0.4 is 10.1 Å². The first-order valence-corrected chi connectivity index (χ1v) is 7.68. The number of aryl methyl sites for hydroxylation is 2. The normalized spacial score (nSPS) is 12.2. The summed E-state index contributed by atoms with van der Waals surface area (Å²) in [6.07, 6.45) is 0. The van der Waals surface area contributed by atoms with Crippen molar-refractivity contribution in [1.82, 2.24) is 15.5 Å². The van der Waals surface area contributed by atoms with E-state index in [2.05, 4.69) is 15.5 Å². The summed E-state index contributed by atoms with van der Waals surface area (Å²) < 4.78 is 10.5. The fraction of sp³-hybridized carbons (Fsp3) is 0.278. The molecule has 0 aliphatic rings. The van der Waals surface area contributed by atoms with Crippen LogP contribution in [0, 0.1) is 13.8 Å². The summed E-state index contributed by atoms with van der Waals surface area (Å²) in [5.41, 5.74) is 3.15. The molecule has 6 nitrogen and oxygen atoms in total. The first-order chi connectivity index (χ1) is 11.5. The van der Waals surface area contributed by atoms with Crippen LogP contribution in [0.1, 0.15) is 40.3 Å². The van der Waals surface area contributed by atoms with E-state index in [-0.39, 0.29) is 11.9 Å². The molecule has 2 heterocycles. The molecular formula is C18H19N3O3. The number of rotatable bonds is 4. The zero-order valence-electron chi connectivity index (χ0n) is 14.1. The quantitative estimate of drug-likeness (QED) is 0.796. The highest BCUT2D eigenvalue weighted by Crippen LogP contribution is 2.26. The van der Waals surface area contributed by atoms with Crippen molar-refractivity contribution in [2.75, 3.05) is 7.11 Å². The molecule has 6 heteroatoms. The molecule has 1 aromatic carbocycles. The molecule has 2 aromatic heterocycles. The van der Waals surface area contributed by atoms with E-state index in [1.165, 1.54) is 0 Å². The Morgan fingerprint density at radius 2 is 2.04 bits per heavy atom. The molecule has 1 amide bonds. The fourth-order valence-electron chi connectivity index (χ4n) is 2.77. The van der Waals surface area contributed by atoms with E-state index in [0.717, 1.165) is 11.3 Å². The molecule has 24 heavy (non-hydrogen) atoms. The van der Waals surface area contributed by atoms with Gasteiger partial charge in [0.15, 0.2) is 0 Å². The van der Waals surface area contributed by atoms with Gasteiger partial charge in [-0.1, -0.05) is 23.4 Å². The summed E-state index contributed by atoms with van der Waals surface area (Å²) in [6, 6.07) is 9.15. The van der Waals surface area contributed by atoms with E-state index in [9.17, 15) is 4.79 Å². The molecule has 1 atom stereocenters. The maximum Gasteiger partial charge on any atom is 0.258 e. The number of hydrogen-bond donors (Lipinski definition) is 1. The fourth-order valence-corrected chi connectivity index (χ4v) is 2.77. The van der Waals surface area contributed by atoms with E-state index in [1.807, 2.05) is 38.1 Å². The van der Waals surface area contributed by atoms with Gasteiger partial charge in [0.05, 0.1) is 29.8 Å². The Morgan fingerprint density at radius 3 is 2.79 bits per heavy atom. The summed E-state index contributed by atoms with van der Waals surface area (Å²) >= 11 is 0. The smallest absolute Gasteiger partial charge is 0.258 e. The van der Waals surface area contributed by atoms with Gasteiger partial charge in [-0.3, -0.25) is 4.79 Å². The lowest BCUT2D eigenvalue weighted by Gasteiger charge is -2.17. The Morgan fingerprint density at radius 1 is 1.29 bits per heavy atom. The molecule has 0 spiro atoms. The summed E-state index contributed by atoms with van der Waals surface area (Å²) in [7, 11) is 1.61. The predicted molar refractivity (Wildman–Crippen MR) is 90.2 cm³/mol. The van der Waals surface area contributed by atoms with Gasteiger partial charge < -0.3 is 14.6 Å². The van der Waals surface area contributed by atoms with Crippen molar-refractivity contribution in [1.29, 1.82) is 0 Å². The van der Waals surface area contributed by atoms with Gasteiger partial charge in [-0.05, 0) is 32.9 Å². The zero-order valence-corrected chi connectivity index (χ0v) is 14.1. The highest BCUT2D eigenvalue weighted by Gasteiger charge is 2.20. The number of nitrogens with one attached hydrogen (secondary N) is 1. The van der Waals surface area contributed by atoms with E-state index in [1.54, 1.807) is 20.1 Å². The molecular weight excluding hydrogens is 306 g/mol. The third kappa shape index (κ3) is 2.82. The second-order valence-corrected chi connectivity index (χ2v) is 5.70. The highest BCUT2D eigenvalue weighted by molar-refractivity contribution is 6.06. The van der Waals surface area contributed by atoms with Gasteiger partial charge in [-0.15, -0.1) is 0 Å². The van der Waals surface area contributed by atoms with Crippen LogP contribution in [0.5, 0.6) is 5.75 Å². The lowest BCUT2D eigenvalue weighted by Crippen LogP contribution is -2.27.